The summed E-state index contributed by atoms with van der Waals surface area (Å²) in [6, 6.07) is 11.9. The average Bonchev–Trinajstić information content (AvgIpc) is 3.45. The highest BCUT2D eigenvalue weighted by atomic mass is 15.2. The second kappa shape index (κ2) is 10.5. The fraction of sp³-hybridized carbons (Fsp3) is 0.615. The van der Waals surface area contributed by atoms with Gasteiger partial charge in [0, 0.05) is 57.2 Å². The van der Waals surface area contributed by atoms with Gasteiger partial charge in [-0.2, -0.15) is 4.98 Å². The third kappa shape index (κ3) is 5.34. The quantitative estimate of drug-likeness (QED) is 0.691. The van der Waals surface area contributed by atoms with Crippen LogP contribution in [0.25, 0.3) is 0 Å². The molecule has 0 amide bonds. The highest BCUT2D eigenvalue weighted by Crippen LogP contribution is 2.24. The molecule has 0 bridgehead atoms. The molecule has 1 N–H and O–H groups in total. The highest BCUT2D eigenvalue weighted by Gasteiger charge is 2.25. The normalized spacial score (nSPS) is 22.3. The van der Waals surface area contributed by atoms with Gasteiger partial charge in [0.2, 0.25) is 5.95 Å². The lowest BCUT2D eigenvalue weighted by atomic mass is 10.1. The molecule has 1 aromatic heterocycles. The smallest absolute Gasteiger partial charge is 0.224 e. The molecule has 1 aromatic carbocycles. The molecule has 3 fully saturated rings. The maximum absolute atomic E-state index is 4.84. The Balaban J connectivity index is 1.15. The first-order valence-electron chi connectivity index (χ1n) is 12.7. The van der Waals surface area contributed by atoms with Crippen LogP contribution in [0.3, 0.4) is 0 Å². The molecule has 2 aromatic rings. The number of benzene rings is 1. The van der Waals surface area contributed by atoms with Gasteiger partial charge >= 0.3 is 0 Å². The van der Waals surface area contributed by atoms with Gasteiger partial charge in [-0.15, -0.1) is 0 Å². The first-order valence-corrected chi connectivity index (χ1v) is 12.7. The van der Waals surface area contributed by atoms with Crippen LogP contribution in [0.4, 0.5) is 17.5 Å². The number of likely N-dealkylation sites (tertiary alicyclic amines) is 1. The summed E-state index contributed by atoms with van der Waals surface area (Å²) in [5.41, 5.74) is 2.80. The van der Waals surface area contributed by atoms with E-state index in [-0.39, 0.29) is 0 Å². The van der Waals surface area contributed by atoms with Gasteiger partial charge in [0.15, 0.2) is 0 Å². The van der Waals surface area contributed by atoms with Gasteiger partial charge in [0.1, 0.15) is 5.82 Å². The molecule has 0 radical (unpaired) electrons. The van der Waals surface area contributed by atoms with E-state index in [0.717, 1.165) is 37.9 Å². The molecule has 0 saturated carbocycles. The summed E-state index contributed by atoms with van der Waals surface area (Å²) < 4.78 is 0. The molecule has 3 aliphatic rings. The topological polar surface area (TPSA) is 47.5 Å². The van der Waals surface area contributed by atoms with Gasteiger partial charge in [-0.1, -0.05) is 25.0 Å². The van der Waals surface area contributed by atoms with Crippen molar-refractivity contribution in [2.75, 3.05) is 54.4 Å². The summed E-state index contributed by atoms with van der Waals surface area (Å²) in [6.45, 7) is 7.76. The Hall–Kier alpha value is -2.34. The van der Waals surface area contributed by atoms with E-state index in [4.69, 9.17) is 4.98 Å². The second-order valence-electron chi connectivity index (χ2n) is 9.65. The molecule has 172 valence electrons. The minimum absolute atomic E-state index is 0.540. The van der Waals surface area contributed by atoms with Crippen molar-refractivity contribution in [1.82, 2.24) is 14.9 Å². The summed E-state index contributed by atoms with van der Waals surface area (Å²) >= 11 is 0. The van der Waals surface area contributed by atoms with Crippen LogP contribution in [0.2, 0.25) is 0 Å². The van der Waals surface area contributed by atoms with Gasteiger partial charge in [0.05, 0.1) is 0 Å². The molecule has 32 heavy (non-hydrogen) atoms. The van der Waals surface area contributed by atoms with Crippen molar-refractivity contribution in [3.8, 4) is 0 Å². The fourth-order valence-electron chi connectivity index (χ4n) is 5.48. The van der Waals surface area contributed by atoms with Crippen molar-refractivity contribution in [2.45, 2.75) is 64.0 Å². The molecule has 0 spiro atoms. The zero-order valence-electron chi connectivity index (χ0n) is 19.4. The van der Waals surface area contributed by atoms with Crippen LogP contribution in [0, 0.1) is 0 Å². The average molecular weight is 435 g/mol. The van der Waals surface area contributed by atoms with E-state index in [2.05, 4.69) is 55.3 Å². The Labute approximate surface area is 193 Å². The predicted molar refractivity (Wildman–Crippen MR) is 133 cm³/mol. The summed E-state index contributed by atoms with van der Waals surface area (Å²) in [7, 11) is 0. The van der Waals surface area contributed by atoms with Gasteiger partial charge in [-0.05, 0) is 68.8 Å². The van der Waals surface area contributed by atoms with Crippen molar-refractivity contribution in [3.63, 3.8) is 0 Å². The molecular weight excluding hydrogens is 396 g/mol. The van der Waals surface area contributed by atoms with E-state index in [1.54, 1.807) is 0 Å². The van der Waals surface area contributed by atoms with Crippen LogP contribution in [0.5, 0.6) is 0 Å². The van der Waals surface area contributed by atoms with Gasteiger partial charge in [-0.25, -0.2) is 4.98 Å². The van der Waals surface area contributed by atoms with E-state index in [1.807, 2.05) is 6.20 Å². The Kier molecular flexibility index (Phi) is 7.07. The van der Waals surface area contributed by atoms with Crippen LogP contribution >= 0.6 is 0 Å². The molecule has 1 unspecified atom stereocenters. The van der Waals surface area contributed by atoms with Crippen molar-refractivity contribution >= 4 is 17.5 Å². The van der Waals surface area contributed by atoms with Gasteiger partial charge in [0.25, 0.3) is 0 Å². The number of hydrogen-bond acceptors (Lipinski definition) is 6. The van der Waals surface area contributed by atoms with Crippen LogP contribution in [-0.2, 0) is 6.54 Å². The molecule has 5 rings (SSSR count). The predicted octanol–water partition coefficient (Wildman–Crippen LogP) is 4.53. The number of hydrogen-bond donors (Lipinski definition) is 1. The number of anilines is 3. The summed E-state index contributed by atoms with van der Waals surface area (Å²) in [4.78, 5) is 16.9. The first-order chi connectivity index (χ1) is 15.8. The van der Waals surface area contributed by atoms with Gasteiger partial charge in [-0.3, -0.25) is 4.90 Å². The summed E-state index contributed by atoms with van der Waals surface area (Å²) in [5.74, 6) is 1.85. The van der Waals surface area contributed by atoms with Crippen molar-refractivity contribution < 1.29 is 0 Å². The van der Waals surface area contributed by atoms with Gasteiger partial charge < -0.3 is 15.1 Å². The molecule has 6 heteroatoms. The molecule has 4 heterocycles. The Morgan fingerprint density at radius 3 is 2.28 bits per heavy atom. The number of nitrogens with one attached hydrogen (secondary N) is 1. The van der Waals surface area contributed by atoms with E-state index in [0.29, 0.717) is 6.04 Å². The largest absolute Gasteiger partial charge is 0.372 e. The Bertz CT molecular complexity index is 840. The zero-order valence-corrected chi connectivity index (χ0v) is 19.4. The van der Waals surface area contributed by atoms with Crippen LogP contribution in [0.1, 0.15) is 56.9 Å². The van der Waals surface area contributed by atoms with E-state index in [1.165, 1.54) is 82.3 Å². The molecule has 0 aliphatic carbocycles. The molecule has 6 nitrogen and oxygen atoms in total. The zero-order chi connectivity index (χ0) is 21.6. The van der Waals surface area contributed by atoms with Crippen LogP contribution in [-0.4, -0.2) is 60.2 Å². The Morgan fingerprint density at radius 1 is 0.781 bits per heavy atom. The summed E-state index contributed by atoms with van der Waals surface area (Å²) in [5, 5.41) is 3.55. The number of nitrogens with zero attached hydrogens (tertiary/aromatic N) is 5. The van der Waals surface area contributed by atoms with Crippen LogP contribution in [0.15, 0.2) is 36.5 Å². The maximum Gasteiger partial charge on any atom is 0.224 e. The maximum atomic E-state index is 4.84. The molecule has 3 saturated heterocycles. The monoisotopic (exact) mass is 434 g/mol. The third-order valence-corrected chi connectivity index (χ3v) is 7.36. The minimum Gasteiger partial charge on any atom is -0.372 e. The van der Waals surface area contributed by atoms with E-state index in [9.17, 15) is 0 Å². The van der Waals surface area contributed by atoms with Crippen molar-refractivity contribution in [2.24, 2.45) is 0 Å². The molecular formula is C26H38N6. The fourth-order valence-corrected chi connectivity index (χ4v) is 5.48. The molecule has 1 atom stereocenters. The van der Waals surface area contributed by atoms with Crippen LogP contribution < -0.4 is 15.1 Å². The van der Waals surface area contributed by atoms with Crippen molar-refractivity contribution in [3.05, 3.63) is 42.1 Å². The SMILES string of the molecule is c1cc(N2CCCCCC2)nc(NCC2CCCN2Cc2ccc(N3CCCC3)cc2)n1. The summed E-state index contributed by atoms with van der Waals surface area (Å²) in [6.07, 6.45) is 12.3. The number of rotatable bonds is 7. The Morgan fingerprint density at radius 2 is 1.50 bits per heavy atom. The molecule has 3 aliphatic heterocycles. The lowest BCUT2D eigenvalue weighted by Gasteiger charge is -2.26. The van der Waals surface area contributed by atoms with Crippen molar-refractivity contribution in [1.29, 1.82) is 0 Å². The number of aromatic nitrogens is 2. The second-order valence-corrected chi connectivity index (χ2v) is 9.65. The lowest BCUT2D eigenvalue weighted by molar-refractivity contribution is 0.254. The standard InChI is InChI=1S/C26H38N6/c1-2-4-18-31(17-3-1)25-13-14-27-26(29-25)28-20-24-8-7-19-32(24)21-22-9-11-23(12-10-22)30-15-5-6-16-30/h9-14,24H,1-8,15-21H2,(H,27,28,29). The minimum atomic E-state index is 0.540. The van der Waals surface area contributed by atoms with E-state index < -0.39 is 0 Å². The third-order valence-electron chi connectivity index (χ3n) is 7.36. The van der Waals surface area contributed by atoms with E-state index >= 15 is 0 Å². The lowest BCUT2D eigenvalue weighted by Crippen LogP contribution is -2.35. The first kappa shape index (κ1) is 21.5. The highest BCUT2D eigenvalue weighted by molar-refractivity contribution is 5.48.